The van der Waals surface area contributed by atoms with Crippen molar-refractivity contribution < 1.29 is 25.2 Å². The molecule has 7 nitrogen and oxygen atoms in total. The van der Waals surface area contributed by atoms with E-state index in [1.165, 1.54) is 0 Å². The Morgan fingerprint density at radius 3 is 2.23 bits per heavy atom. The third-order valence-electron chi connectivity index (χ3n) is 1.14. The minimum Gasteiger partial charge on any atom is -0.479 e. The van der Waals surface area contributed by atoms with E-state index >= 15 is 0 Å². The van der Waals surface area contributed by atoms with E-state index in [2.05, 4.69) is 4.99 Å². The fourth-order valence-corrected chi connectivity index (χ4v) is 0.534. The number of hydrogen-bond acceptors (Lipinski definition) is 5. The van der Waals surface area contributed by atoms with Crippen molar-refractivity contribution >= 4 is 17.5 Å². The monoisotopic (exact) mass is 190 g/mol. The SMILES string of the molecule is N=C(CO)N=C(CO)C(O)C(=O)O. The number of carboxylic acid groups (broad SMARTS) is 1. The van der Waals surface area contributed by atoms with Crippen LogP contribution in [0.2, 0.25) is 0 Å². The zero-order chi connectivity index (χ0) is 10.4. The van der Waals surface area contributed by atoms with Gasteiger partial charge in [-0.05, 0) is 0 Å². The van der Waals surface area contributed by atoms with Gasteiger partial charge < -0.3 is 20.4 Å². The highest BCUT2D eigenvalue weighted by Crippen LogP contribution is 1.90. The summed E-state index contributed by atoms with van der Waals surface area (Å²) in [4.78, 5) is 13.4. The second-order valence-corrected chi connectivity index (χ2v) is 2.11. The van der Waals surface area contributed by atoms with Gasteiger partial charge in [0.25, 0.3) is 0 Å². The molecular weight excluding hydrogens is 180 g/mol. The zero-order valence-electron chi connectivity index (χ0n) is 6.64. The molecule has 0 amide bonds. The van der Waals surface area contributed by atoms with Gasteiger partial charge in [0.1, 0.15) is 12.4 Å². The van der Waals surface area contributed by atoms with Crippen LogP contribution in [-0.2, 0) is 4.79 Å². The number of nitrogens with one attached hydrogen (secondary N) is 1. The molecule has 0 fully saturated rings. The molecule has 0 aromatic rings. The van der Waals surface area contributed by atoms with Crippen molar-refractivity contribution in [3.05, 3.63) is 0 Å². The van der Waals surface area contributed by atoms with Gasteiger partial charge >= 0.3 is 5.97 Å². The number of rotatable bonds is 4. The van der Waals surface area contributed by atoms with Gasteiger partial charge in [-0.3, -0.25) is 5.41 Å². The van der Waals surface area contributed by atoms with E-state index in [1.54, 1.807) is 0 Å². The summed E-state index contributed by atoms with van der Waals surface area (Å²) in [7, 11) is 0. The molecule has 0 saturated heterocycles. The largest absolute Gasteiger partial charge is 0.479 e. The average molecular weight is 190 g/mol. The summed E-state index contributed by atoms with van der Waals surface area (Å²) in [6.07, 6.45) is -1.95. The van der Waals surface area contributed by atoms with Gasteiger partial charge in [-0.25, -0.2) is 9.79 Å². The first-order chi connectivity index (χ1) is 6.02. The van der Waals surface area contributed by atoms with Crippen LogP contribution in [0, 0.1) is 5.41 Å². The molecule has 74 valence electrons. The number of aliphatic hydroxyl groups is 3. The third-order valence-corrected chi connectivity index (χ3v) is 1.14. The van der Waals surface area contributed by atoms with Gasteiger partial charge in [0.15, 0.2) is 6.10 Å². The van der Waals surface area contributed by atoms with Gasteiger partial charge in [-0.15, -0.1) is 0 Å². The van der Waals surface area contributed by atoms with Crippen LogP contribution in [0.4, 0.5) is 0 Å². The number of carboxylic acids is 1. The number of amidine groups is 1. The summed E-state index contributed by atoms with van der Waals surface area (Å²) < 4.78 is 0. The molecule has 0 aliphatic carbocycles. The van der Waals surface area contributed by atoms with Crippen LogP contribution in [0.1, 0.15) is 0 Å². The molecule has 0 radical (unpaired) electrons. The Morgan fingerprint density at radius 2 is 1.92 bits per heavy atom. The average Bonchev–Trinajstić information content (AvgIpc) is 2.12. The summed E-state index contributed by atoms with van der Waals surface area (Å²) >= 11 is 0. The number of carbonyl (C=O) groups is 1. The Balaban J connectivity index is 4.58. The van der Waals surface area contributed by atoms with Crippen molar-refractivity contribution in [2.24, 2.45) is 4.99 Å². The van der Waals surface area contributed by atoms with Crippen LogP contribution < -0.4 is 0 Å². The number of aliphatic carboxylic acids is 1. The van der Waals surface area contributed by atoms with Crippen LogP contribution in [0.5, 0.6) is 0 Å². The number of aliphatic imine (C=N–C) groups is 1. The van der Waals surface area contributed by atoms with Crippen molar-refractivity contribution in [3.8, 4) is 0 Å². The van der Waals surface area contributed by atoms with Gasteiger partial charge in [0.2, 0.25) is 0 Å². The van der Waals surface area contributed by atoms with Crippen LogP contribution in [0.25, 0.3) is 0 Å². The number of hydrogen-bond donors (Lipinski definition) is 5. The van der Waals surface area contributed by atoms with Crippen molar-refractivity contribution in [1.82, 2.24) is 0 Å². The maximum Gasteiger partial charge on any atom is 0.338 e. The van der Waals surface area contributed by atoms with Gasteiger partial charge in [0.05, 0.1) is 12.3 Å². The van der Waals surface area contributed by atoms with Crippen LogP contribution in [0.3, 0.4) is 0 Å². The van der Waals surface area contributed by atoms with E-state index < -0.39 is 36.8 Å². The zero-order valence-corrected chi connectivity index (χ0v) is 6.64. The smallest absolute Gasteiger partial charge is 0.338 e. The maximum atomic E-state index is 10.2. The molecule has 1 unspecified atom stereocenters. The first kappa shape index (κ1) is 11.7. The Labute approximate surface area is 73.5 Å². The van der Waals surface area contributed by atoms with E-state index in [0.29, 0.717) is 0 Å². The van der Waals surface area contributed by atoms with Gasteiger partial charge in [-0.1, -0.05) is 0 Å². The van der Waals surface area contributed by atoms with Crippen LogP contribution in [0.15, 0.2) is 4.99 Å². The minimum atomic E-state index is -1.95. The molecular formula is C6H10N2O5. The lowest BCUT2D eigenvalue weighted by Crippen LogP contribution is -2.33. The van der Waals surface area contributed by atoms with Crippen molar-refractivity contribution in [3.63, 3.8) is 0 Å². The molecule has 0 saturated carbocycles. The van der Waals surface area contributed by atoms with E-state index in [0.717, 1.165) is 0 Å². The van der Waals surface area contributed by atoms with Gasteiger partial charge in [0, 0.05) is 0 Å². The highest BCUT2D eigenvalue weighted by Gasteiger charge is 2.20. The molecule has 13 heavy (non-hydrogen) atoms. The summed E-state index contributed by atoms with van der Waals surface area (Å²) in [5, 5.41) is 40.9. The fraction of sp³-hybridized carbons (Fsp3) is 0.500. The Morgan fingerprint density at radius 1 is 1.38 bits per heavy atom. The molecule has 0 aliphatic heterocycles. The van der Waals surface area contributed by atoms with E-state index in [9.17, 15) is 4.79 Å². The topological polar surface area (TPSA) is 134 Å². The van der Waals surface area contributed by atoms with Crippen molar-refractivity contribution in [2.75, 3.05) is 13.2 Å². The van der Waals surface area contributed by atoms with Crippen LogP contribution >= 0.6 is 0 Å². The van der Waals surface area contributed by atoms with E-state index in [1.807, 2.05) is 0 Å². The highest BCUT2D eigenvalue weighted by atomic mass is 16.4. The third kappa shape index (κ3) is 3.74. The van der Waals surface area contributed by atoms with Gasteiger partial charge in [-0.2, -0.15) is 0 Å². The normalized spacial score (nSPS) is 13.9. The quantitative estimate of drug-likeness (QED) is 0.254. The molecule has 7 heteroatoms. The second kappa shape index (κ2) is 5.36. The molecule has 0 aromatic carbocycles. The minimum absolute atomic E-state index is 0.480. The highest BCUT2D eigenvalue weighted by molar-refractivity contribution is 6.09. The molecule has 0 bridgehead atoms. The molecule has 0 spiro atoms. The predicted molar refractivity (Wildman–Crippen MR) is 43.0 cm³/mol. The molecule has 5 N–H and O–H groups in total. The Bertz CT molecular complexity index is 237. The predicted octanol–water partition coefficient (Wildman–Crippen LogP) is -2.17. The molecule has 0 aliphatic rings. The first-order valence-corrected chi connectivity index (χ1v) is 3.30. The van der Waals surface area contributed by atoms with Crippen molar-refractivity contribution in [2.45, 2.75) is 6.10 Å². The summed E-state index contributed by atoms with van der Waals surface area (Å²) in [5.74, 6) is -2.09. The van der Waals surface area contributed by atoms with E-state index in [-0.39, 0.29) is 0 Å². The summed E-state index contributed by atoms with van der Waals surface area (Å²) in [5.41, 5.74) is -0.480. The number of nitrogens with zero attached hydrogens (tertiary/aromatic N) is 1. The molecule has 0 aromatic heterocycles. The summed E-state index contributed by atoms with van der Waals surface area (Å²) in [6.45, 7) is -1.47. The lowest BCUT2D eigenvalue weighted by atomic mass is 10.2. The maximum absolute atomic E-state index is 10.2. The number of aliphatic hydroxyl groups excluding tert-OH is 3. The lowest BCUT2D eigenvalue weighted by molar-refractivity contribution is -0.143. The van der Waals surface area contributed by atoms with Crippen molar-refractivity contribution in [1.29, 1.82) is 5.41 Å². The fourth-order valence-electron chi connectivity index (χ4n) is 0.534. The molecule has 1 atom stereocenters. The molecule has 0 heterocycles. The first-order valence-electron chi connectivity index (χ1n) is 3.30. The summed E-state index contributed by atoms with van der Waals surface area (Å²) in [6, 6.07) is 0. The lowest BCUT2D eigenvalue weighted by Gasteiger charge is -2.06. The van der Waals surface area contributed by atoms with Crippen LogP contribution in [-0.4, -0.2) is 57.3 Å². The van der Waals surface area contributed by atoms with E-state index in [4.69, 9.17) is 25.8 Å². The molecule has 0 rings (SSSR count). The Kier molecular flexibility index (Phi) is 4.82. The Hall–Kier alpha value is -1.31. The second-order valence-electron chi connectivity index (χ2n) is 2.11. The standard InChI is InChI=1S/C6H10N2O5/c7-4(2-10)8-3(1-9)5(11)6(12)13/h5,7,9-11H,1-2H2,(H,12,13).